The summed E-state index contributed by atoms with van der Waals surface area (Å²) in [5, 5.41) is 4.51. The van der Waals surface area contributed by atoms with Crippen molar-refractivity contribution in [3.63, 3.8) is 0 Å². The summed E-state index contributed by atoms with van der Waals surface area (Å²) in [4.78, 5) is 16.6. The predicted octanol–water partition coefficient (Wildman–Crippen LogP) is 4.47. The third-order valence-corrected chi connectivity index (χ3v) is 6.01. The van der Waals surface area contributed by atoms with Crippen LogP contribution in [0, 0.1) is 20.8 Å². The minimum absolute atomic E-state index is 0.0776. The summed E-state index contributed by atoms with van der Waals surface area (Å²) in [5.74, 6) is -0.500. The molecule has 0 saturated heterocycles. The van der Waals surface area contributed by atoms with Crippen molar-refractivity contribution in [2.24, 2.45) is 0 Å². The number of rotatable bonds is 1. The Labute approximate surface area is 152 Å². The van der Waals surface area contributed by atoms with Crippen LogP contribution in [-0.2, 0) is 6.18 Å². The Bertz CT molecular complexity index is 1020. The highest BCUT2D eigenvalue weighted by Gasteiger charge is 2.34. The van der Waals surface area contributed by atoms with Crippen LogP contribution in [0.4, 0.5) is 18.9 Å². The van der Waals surface area contributed by atoms with Gasteiger partial charge in [0.05, 0.1) is 21.5 Å². The van der Waals surface area contributed by atoms with E-state index in [1.807, 2.05) is 0 Å². The number of carbonyl (C=O) groups is 1. The second-order valence-electron chi connectivity index (χ2n) is 5.55. The Morgan fingerprint density at radius 1 is 1.32 bits per heavy atom. The van der Waals surface area contributed by atoms with Gasteiger partial charge in [-0.2, -0.15) is 23.0 Å². The first-order valence-corrected chi connectivity index (χ1v) is 8.66. The molecular weight excluding hydrogens is 421 g/mol. The summed E-state index contributed by atoms with van der Waals surface area (Å²) in [7, 11) is 0. The SMILES string of the molecule is Cc1nn(C(=O)c2sc3nc(C(F)(F)F)cc(C)c3c2N)c(C)c1Br. The molecule has 0 radical (unpaired) electrons. The van der Waals surface area contributed by atoms with Crippen molar-refractivity contribution in [1.82, 2.24) is 14.8 Å². The lowest BCUT2D eigenvalue weighted by atomic mass is 10.1. The Morgan fingerprint density at radius 3 is 2.48 bits per heavy atom. The van der Waals surface area contributed by atoms with Crippen LogP contribution in [0.3, 0.4) is 0 Å². The first kappa shape index (κ1) is 17.9. The molecule has 0 aliphatic rings. The molecule has 0 amide bonds. The zero-order chi connectivity index (χ0) is 18.7. The fraction of sp³-hybridized carbons (Fsp3) is 0.267. The first-order valence-electron chi connectivity index (χ1n) is 7.05. The number of anilines is 1. The zero-order valence-electron chi connectivity index (χ0n) is 13.3. The third-order valence-electron chi connectivity index (χ3n) is 3.78. The van der Waals surface area contributed by atoms with Crippen LogP contribution in [0.15, 0.2) is 10.5 Å². The summed E-state index contributed by atoms with van der Waals surface area (Å²) in [6.07, 6.45) is -4.57. The predicted molar refractivity (Wildman–Crippen MR) is 92.9 cm³/mol. The fourth-order valence-electron chi connectivity index (χ4n) is 2.53. The summed E-state index contributed by atoms with van der Waals surface area (Å²) in [6.45, 7) is 4.95. The third kappa shape index (κ3) is 2.82. The van der Waals surface area contributed by atoms with Gasteiger partial charge < -0.3 is 5.73 Å². The molecular formula is C15H12BrF3N4OS. The molecule has 0 bridgehead atoms. The number of aryl methyl sites for hydroxylation is 2. The van der Waals surface area contributed by atoms with Gasteiger partial charge in [0, 0.05) is 5.39 Å². The number of fused-ring (bicyclic) bond motifs is 1. The number of hydrogen-bond donors (Lipinski definition) is 1. The van der Waals surface area contributed by atoms with E-state index in [0.717, 1.165) is 17.4 Å². The number of alkyl halides is 3. The maximum absolute atomic E-state index is 13.0. The van der Waals surface area contributed by atoms with Crippen molar-refractivity contribution in [2.75, 3.05) is 5.73 Å². The number of nitrogens with two attached hydrogens (primary N) is 1. The number of carbonyl (C=O) groups excluding carboxylic acids is 1. The van der Waals surface area contributed by atoms with Gasteiger partial charge in [0.2, 0.25) is 0 Å². The number of halogens is 4. The van der Waals surface area contributed by atoms with Crippen molar-refractivity contribution in [1.29, 1.82) is 0 Å². The Balaban J connectivity index is 2.20. The number of thiophene rings is 1. The molecule has 3 aromatic heterocycles. The molecule has 3 heterocycles. The normalized spacial score (nSPS) is 12.1. The highest BCUT2D eigenvalue weighted by atomic mass is 79.9. The molecule has 0 unspecified atom stereocenters. The molecule has 0 saturated carbocycles. The van der Waals surface area contributed by atoms with Crippen LogP contribution in [0.25, 0.3) is 10.2 Å². The smallest absolute Gasteiger partial charge is 0.397 e. The summed E-state index contributed by atoms with van der Waals surface area (Å²) in [5.41, 5.74) is 6.68. The van der Waals surface area contributed by atoms with Crippen LogP contribution < -0.4 is 5.73 Å². The highest BCUT2D eigenvalue weighted by Crippen LogP contribution is 2.38. The van der Waals surface area contributed by atoms with E-state index in [9.17, 15) is 18.0 Å². The van der Waals surface area contributed by atoms with Crippen LogP contribution in [0.2, 0.25) is 0 Å². The topological polar surface area (TPSA) is 73.8 Å². The average Bonchev–Trinajstić information content (AvgIpc) is 2.98. The largest absolute Gasteiger partial charge is 0.433 e. The molecule has 2 N–H and O–H groups in total. The van der Waals surface area contributed by atoms with Crippen LogP contribution in [0.1, 0.15) is 32.3 Å². The monoisotopic (exact) mass is 432 g/mol. The van der Waals surface area contributed by atoms with Crippen molar-refractivity contribution >= 4 is 49.1 Å². The molecule has 3 aromatic rings. The maximum Gasteiger partial charge on any atom is 0.433 e. The van der Waals surface area contributed by atoms with Gasteiger partial charge in [-0.3, -0.25) is 4.79 Å². The van der Waals surface area contributed by atoms with Crippen molar-refractivity contribution in [2.45, 2.75) is 26.9 Å². The van der Waals surface area contributed by atoms with Gasteiger partial charge in [-0.05, 0) is 48.3 Å². The molecule has 132 valence electrons. The van der Waals surface area contributed by atoms with Crippen molar-refractivity contribution < 1.29 is 18.0 Å². The van der Waals surface area contributed by atoms with Crippen LogP contribution in [0.5, 0.6) is 0 Å². The lowest BCUT2D eigenvalue weighted by Gasteiger charge is -2.07. The van der Waals surface area contributed by atoms with Gasteiger partial charge in [-0.25, -0.2) is 4.98 Å². The Kier molecular flexibility index (Phi) is 4.15. The molecule has 0 spiro atoms. The molecule has 0 aliphatic carbocycles. The number of nitrogens with zero attached hydrogens (tertiary/aromatic N) is 3. The van der Waals surface area contributed by atoms with Gasteiger partial charge in [0.1, 0.15) is 15.4 Å². The minimum atomic E-state index is -4.57. The molecule has 0 aromatic carbocycles. The van der Waals surface area contributed by atoms with E-state index in [-0.39, 0.29) is 15.4 Å². The van der Waals surface area contributed by atoms with Gasteiger partial charge in [-0.1, -0.05) is 0 Å². The number of aromatic nitrogens is 3. The molecule has 0 fully saturated rings. The van der Waals surface area contributed by atoms with Crippen LogP contribution in [-0.4, -0.2) is 20.7 Å². The quantitative estimate of drug-likeness (QED) is 0.615. The fourth-order valence-corrected chi connectivity index (χ4v) is 3.88. The molecule has 0 aliphatic heterocycles. The summed E-state index contributed by atoms with van der Waals surface area (Å²) < 4.78 is 40.7. The standard InChI is InChI=1S/C15H12BrF3N4OS/c1-5-4-8(15(17,18)19)21-13-9(5)11(20)12(25-13)14(24)23-7(3)10(16)6(2)22-23/h4H,20H2,1-3H3. The summed E-state index contributed by atoms with van der Waals surface area (Å²) >= 11 is 4.17. The second-order valence-corrected chi connectivity index (χ2v) is 7.34. The molecule has 3 rings (SSSR count). The first-order chi connectivity index (χ1) is 11.5. The zero-order valence-corrected chi connectivity index (χ0v) is 15.7. The number of nitrogen functional groups attached to an aromatic ring is 1. The maximum atomic E-state index is 13.0. The van der Waals surface area contributed by atoms with E-state index >= 15 is 0 Å². The van der Waals surface area contributed by atoms with Gasteiger partial charge in [0.15, 0.2) is 0 Å². The number of pyridine rings is 1. The van der Waals surface area contributed by atoms with E-state index in [4.69, 9.17) is 5.73 Å². The van der Waals surface area contributed by atoms with E-state index in [1.54, 1.807) is 13.8 Å². The van der Waals surface area contributed by atoms with E-state index in [1.165, 1.54) is 11.6 Å². The van der Waals surface area contributed by atoms with Gasteiger partial charge in [-0.15, -0.1) is 11.3 Å². The Hall–Kier alpha value is -1.94. The van der Waals surface area contributed by atoms with Crippen molar-refractivity contribution in [3.05, 3.63) is 38.1 Å². The molecule has 25 heavy (non-hydrogen) atoms. The highest BCUT2D eigenvalue weighted by molar-refractivity contribution is 9.10. The molecule has 5 nitrogen and oxygen atoms in total. The van der Waals surface area contributed by atoms with Gasteiger partial charge in [0.25, 0.3) is 5.91 Å². The van der Waals surface area contributed by atoms with E-state index in [2.05, 4.69) is 26.0 Å². The van der Waals surface area contributed by atoms with Crippen molar-refractivity contribution in [3.8, 4) is 0 Å². The lowest BCUT2D eigenvalue weighted by Crippen LogP contribution is -2.15. The second kappa shape index (κ2) is 5.80. The summed E-state index contributed by atoms with van der Waals surface area (Å²) in [6, 6.07) is 0.930. The minimum Gasteiger partial charge on any atom is -0.397 e. The Morgan fingerprint density at radius 2 is 1.96 bits per heavy atom. The average molecular weight is 433 g/mol. The van der Waals surface area contributed by atoms with E-state index in [0.29, 0.717) is 26.8 Å². The van der Waals surface area contributed by atoms with Crippen LogP contribution >= 0.6 is 27.3 Å². The van der Waals surface area contributed by atoms with Gasteiger partial charge >= 0.3 is 6.18 Å². The number of hydrogen-bond acceptors (Lipinski definition) is 5. The van der Waals surface area contributed by atoms with E-state index < -0.39 is 17.8 Å². The molecule has 0 atom stereocenters. The molecule has 10 heteroatoms. The lowest BCUT2D eigenvalue weighted by molar-refractivity contribution is -0.141.